The number of fused-ring (bicyclic) bond motifs is 1. The van der Waals surface area contributed by atoms with Gasteiger partial charge >= 0.3 is 0 Å². The lowest BCUT2D eigenvalue weighted by Gasteiger charge is -2.22. The Kier molecular flexibility index (Phi) is 4.39. The van der Waals surface area contributed by atoms with Gasteiger partial charge in [-0.25, -0.2) is 4.39 Å². The second-order valence-electron chi connectivity index (χ2n) is 7.03. The lowest BCUT2D eigenvalue weighted by Crippen LogP contribution is -2.14. The van der Waals surface area contributed by atoms with E-state index in [1.54, 1.807) is 18.4 Å². The van der Waals surface area contributed by atoms with Crippen molar-refractivity contribution in [2.75, 3.05) is 7.11 Å². The first-order valence-electron chi connectivity index (χ1n) is 8.25. The molecule has 0 aliphatic carbocycles. The third-order valence-corrected chi connectivity index (χ3v) is 5.67. The molecule has 0 fully saturated rings. The Hall–Kier alpha value is -1.87. The van der Waals surface area contributed by atoms with Crippen LogP contribution in [0.15, 0.2) is 36.4 Å². The van der Waals surface area contributed by atoms with E-state index in [9.17, 15) is 4.39 Å². The van der Waals surface area contributed by atoms with E-state index < -0.39 is 0 Å². The zero-order valence-corrected chi connectivity index (χ0v) is 15.7. The van der Waals surface area contributed by atoms with Crippen LogP contribution >= 0.6 is 11.3 Å². The average molecular weight is 342 g/mol. The van der Waals surface area contributed by atoms with Crippen LogP contribution in [0.2, 0.25) is 0 Å². The van der Waals surface area contributed by atoms with E-state index in [2.05, 4.69) is 31.2 Å². The number of ether oxygens (including phenoxy) is 1. The summed E-state index contributed by atoms with van der Waals surface area (Å²) in [5, 5.41) is 1.21. The molecule has 0 aliphatic heterocycles. The van der Waals surface area contributed by atoms with E-state index in [1.165, 1.54) is 26.6 Å². The highest BCUT2D eigenvalue weighted by molar-refractivity contribution is 7.19. The summed E-state index contributed by atoms with van der Waals surface area (Å²) >= 11 is 1.81. The molecule has 0 atom stereocenters. The van der Waals surface area contributed by atoms with Crippen LogP contribution in [0, 0.1) is 5.82 Å². The van der Waals surface area contributed by atoms with Crippen molar-refractivity contribution in [2.24, 2.45) is 0 Å². The molecule has 3 rings (SSSR count). The monoisotopic (exact) mass is 342 g/mol. The summed E-state index contributed by atoms with van der Waals surface area (Å²) in [6.45, 7) is 8.27. The first-order valence-corrected chi connectivity index (χ1v) is 9.07. The Bertz CT molecular complexity index is 887. The maximum absolute atomic E-state index is 14.6. The minimum absolute atomic E-state index is 0.208. The molecular weight excluding hydrogens is 319 g/mol. The number of hydrogen-bond donors (Lipinski definition) is 0. The van der Waals surface area contributed by atoms with Gasteiger partial charge in [0.25, 0.3) is 0 Å². The van der Waals surface area contributed by atoms with Crippen LogP contribution in [0.4, 0.5) is 4.39 Å². The van der Waals surface area contributed by atoms with E-state index in [0.717, 1.165) is 17.5 Å². The summed E-state index contributed by atoms with van der Waals surface area (Å²) in [7, 11) is 1.61. The molecule has 3 heteroatoms. The Labute approximate surface area is 147 Å². The van der Waals surface area contributed by atoms with Gasteiger partial charge < -0.3 is 4.74 Å². The zero-order chi connectivity index (χ0) is 17.5. The summed E-state index contributed by atoms with van der Waals surface area (Å²) in [5.41, 5.74) is 2.62. The van der Waals surface area contributed by atoms with Crippen molar-refractivity contribution in [3.8, 4) is 16.9 Å². The summed E-state index contributed by atoms with van der Waals surface area (Å²) in [6, 6.07) is 11.9. The molecule has 0 amide bonds. The Balaban J connectivity index is 2.37. The fourth-order valence-corrected chi connectivity index (χ4v) is 4.29. The molecule has 0 unspecified atom stereocenters. The predicted octanol–water partition coefficient (Wildman–Crippen LogP) is 6.58. The van der Waals surface area contributed by atoms with E-state index in [1.807, 2.05) is 26.8 Å². The Morgan fingerprint density at radius 3 is 2.46 bits per heavy atom. The summed E-state index contributed by atoms with van der Waals surface area (Å²) in [5.74, 6) is 0.388. The lowest BCUT2D eigenvalue weighted by molar-refractivity contribution is 0.410. The smallest absolute Gasteiger partial charge is 0.130 e. The fourth-order valence-electron chi connectivity index (χ4n) is 3.13. The first kappa shape index (κ1) is 17.0. The highest BCUT2D eigenvalue weighted by Crippen LogP contribution is 2.44. The molecule has 0 saturated carbocycles. The standard InChI is InChI=1S/C21H23FOS/c1-6-18-20(13-9-7-8-10-19(13)24-18)14-11-15(21(2,3)4)16(22)12-17(14)23-5/h7-12H,6H2,1-5H3. The number of thiophene rings is 1. The van der Waals surface area contributed by atoms with Gasteiger partial charge in [-0.1, -0.05) is 45.9 Å². The molecule has 0 N–H and O–H groups in total. The predicted molar refractivity (Wildman–Crippen MR) is 102 cm³/mol. The molecule has 1 nitrogen and oxygen atoms in total. The Morgan fingerprint density at radius 1 is 1.12 bits per heavy atom. The molecule has 0 radical (unpaired) electrons. The van der Waals surface area contributed by atoms with Crippen LogP contribution < -0.4 is 4.74 Å². The van der Waals surface area contributed by atoms with Crippen LogP contribution in [0.5, 0.6) is 5.75 Å². The minimum atomic E-state index is -0.261. The fraction of sp³-hybridized carbons (Fsp3) is 0.333. The van der Waals surface area contributed by atoms with Gasteiger partial charge in [0.1, 0.15) is 11.6 Å². The van der Waals surface area contributed by atoms with Crippen molar-refractivity contribution in [1.82, 2.24) is 0 Å². The van der Waals surface area contributed by atoms with Crippen molar-refractivity contribution < 1.29 is 9.13 Å². The molecule has 0 spiro atoms. The van der Waals surface area contributed by atoms with Gasteiger partial charge in [-0.3, -0.25) is 0 Å². The normalized spacial score (nSPS) is 11.9. The summed E-state index contributed by atoms with van der Waals surface area (Å²) in [4.78, 5) is 1.31. The lowest BCUT2D eigenvalue weighted by atomic mass is 9.84. The molecule has 1 aromatic heterocycles. The number of hydrogen-bond acceptors (Lipinski definition) is 2. The quantitative estimate of drug-likeness (QED) is 0.522. The van der Waals surface area contributed by atoms with E-state index in [0.29, 0.717) is 5.75 Å². The van der Waals surface area contributed by atoms with Crippen LogP contribution in [0.25, 0.3) is 21.2 Å². The SMILES string of the molecule is CCc1sc2ccccc2c1-c1cc(C(C)(C)C)c(F)cc1OC. The topological polar surface area (TPSA) is 9.23 Å². The number of rotatable bonds is 3. The van der Waals surface area contributed by atoms with Gasteiger partial charge in [0.15, 0.2) is 0 Å². The molecule has 2 aromatic carbocycles. The highest BCUT2D eigenvalue weighted by Gasteiger charge is 2.24. The van der Waals surface area contributed by atoms with Crippen molar-refractivity contribution >= 4 is 21.4 Å². The van der Waals surface area contributed by atoms with Crippen molar-refractivity contribution in [2.45, 2.75) is 39.5 Å². The van der Waals surface area contributed by atoms with Gasteiger partial charge in [0, 0.05) is 32.2 Å². The van der Waals surface area contributed by atoms with Gasteiger partial charge in [-0.15, -0.1) is 11.3 Å². The molecule has 0 aliphatic rings. The molecule has 3 aromatic rings. The Morgan fingerprint density at radius 2 is 1.83 bits per heavy atom. The van der Waals surface area contributed by atoms with E-state index in [-0.39, 0.29) is 11.2 Å². The van der Waals surface area contributed by atoms with Crippen LogP contribution in [-0.2, 0) is 11.8 Å². The largest absolute Gasteiger partial charge is 0.496 e. The van der Waals surface area contributed by atoms with Gasteiger partial charge in [0.05, 0.1) is 7.11 Å². The van der Waals surface area contributed by atoms with Crippen molar-refractivity contribution in [3.05, 3.63) is 52.7 Å². The summed E-state index contributed by atoms with van der Waals surface area (Å²) in [6.07, 6.45) is 0.945. The minimum Gasteiger partial charge on any atom is -0.496 e. The van der Waals surface area contributed by atoms with Crippen LogP contribution in [-0.4, -0.2) is 7.11 Å². The third kappa shape index (κ3) is 2.82. The van der Waals surface area contributed by atoms with Crippen LogP contribution in [0.1, 0.15) is 38.1 Å². The number of benzene rings is 2. The molecule has 0 bridgehead atoms. The maximum Gasteiger partial charge on any atom is 0.130 e. The van der Waals surface area contributed by atoms with Gasteiger partial charge in [-0.2, -0.15) is 0 Å². The molecule has 126 valence electrons. The van der Waals surface area contributed by atoms with Crippen molar-refractivity contribution in [3.63, 3.8) is 0 Å². The second kappa shape index (κ2) is 6.21. The summed E-state index contributed by atoms with van der Waals surface area (Å²) < 4.78 is 21.4. The third-order valence-electron chi connectivity index (χ3n) is 4.36. The first-order chi connectivity index (χ1) is 11.4. The molecule has 1 heterocycles. The highest BCUT2D eigenvalue weighted by atomic mass is 32.1. The average Bonchev–Trinajstić information content (AvgIpc) is 2.91. The van der Waals surface area contributed by atoms with Gasteiger partial charge in [0.2, 0.25) is 0 Å². The molecule has 0 saturated heterocycles. The molecular formula is C21H23FOS. The van der Waals surface area contributed by atoms with E-state index >= 15 is 0 Å². The van der Waals surface area contributed by atoms with Crippen LogP contribution in [0.3, 0.4) is 0 Å². The van der Waals surface area contributed by atoms with E-state index in [4.69, 9.17) is 4.74 Å². The maximum atomic E-state index is 14.6. The second-order valence-corrected chi connectivity index (χ2v) is 8.17. The van der Waals surface area contributed by atoms with Gasteiger partial charge in [-0.05, 0) is 29.5 Å². The molecule has 24 heavy (non-hydrogen) atoms. The number of methoxy groups -OCH3 is 1. The van der Waals surface area contributed by atoms with Crippen molar-refractivity contribution in [1.29, 1.82) is 0 Å². The zero-order valence-electron chi connectivity index (χ0n) is 14.9. The number of aryl methyl sites for hydroxylation is 1. The number of halogens is 1.